The van der Waals surface area contributed by atoms with Crippen molar-refractivity contribution >= 4 is 28.0 Å². The van der Waals surface area contributed by atoms with Gasteiger partial charge in [-0.15, -0.1) is 11.3 Å². The molecule has 0 saturated carbocycles. The molecule has 4 N–H and O–H groups in total. The second-order valence-corrected chi connectivity index (χ2v) is 6.35. The molecule has 1 aliphatic rings. The summed E-state index contributed by atoms with van der Waals surface area (Å²) >= 11 is 0.986. The number of fused-ring (bicyclic) bond motifs is 1. The van der Waals surface area contributed by atoms with Crippen LogP contribution in [0.5, 0.6) is 0 Å². The predicted octanol–water partition coefficient (Wildman–Crippen LogP) is 2.04. The average Bonchev–Trinajstić information content (AvgIpc) is 2.93. The summed E-state index contributed by atoms with van der Waals surface area (Å²) in [5, 5.41) is 18.7. The number of nitrogens with one attached hydrogen (secondary N) is 1. The number of rotatable bonds is 2. The van der Waals surface area contributed by atoms with Crippen LogP contribution in [0.3, 0.4) is 0 Å². The Morgan fingerprint density at radius 2 is 2.09 bits per heavy atom. The van der Waals surface area contributed by atoms with E-state index in [4.69, 9.17) is 10.9 Å². The lowest BCUT2D eigenvalue weighted by Crippen LogP contribution is -2.38. The smallest absolute Gasteiger partial charge is 0.277 e. The molecule has 0 bridgehead atoms. The van der Waals surface area contributed by atoms with E-state index < -0.39 is 11.3 Å². The highest BCUT2D eigenvalue weighted by atomic mass is 32.1. The van der Waals surface area contributed by atoms with Crippen molar-refractivity contribution in [2.75, 3.05) is 5.73 Å². The molecule has 116 valence electrons. The number of benzene rings is 1. The normalized spacial score (nSPS) is 19.7. The first-order valence-corrected chi connectivity index (χ1v) is 7.74. The molecular formula is C16H13N3O3S. The van der Waals surface area contributed by atoms with Gasteiger partial charge in [0.2, 0.25) is 0 Å². The van der Waals surface area contributed by atoms with Gasteiger partial charge in [-0.2, -0.15) is 5.26 Å². The van der Waals surface area contributed by atoms with Crippen LogP contribution in [-0.4, -0.2) is 16.9 Å². The Balaban J connectivity index is 2.16. The summed E-state index contributed by atoms with van der Waals surface area (Å²) in [5.74, 6) is -1.09. The van der Waals surface area contributed by atoms with Crippen LogP contribution in [0.4, 0.5) is 5.00 Å². The molecule has 0 radical (unpaired) electrons. The SMILES string of the molecule is N#CC1(c2ccccc2)CCc2c(sc(N)c2C(=O)NO)C1=O. The Hall–Kier alpha value is -2.69. The minimum Gasteiger partial charge on any atom is -0.390 e. The number of ketones is 1. The summed E-state index contributed by atoms with van der Waals surface area (Å²) in [4.78, 5) is 25.1. The molecule has 0 aliphatic heterocycles. The van der Waals surface area contributed by atoms with Gasteiger partial charge in [-0.05, 0) is 24.0 Å². The number of hydrogen-bond acceptors (Lipinski definition) is 6. The summed E-state index contributed by atoms with van der Waals surface area (Å²) in [6.45, 7) is 0. The van der Waals surface area contributed by atoms with Crippen LogP contribution in [0, 0.1) is 11.3 Å². The Kier molecular flexibility index (Phi) is 3.64. The molecule has 2 aromatic rings. The molecule has 1 amide bonds. The molecule has 1 unspecified atom stereocenters. The number of carbonyl (C=O) groups is 2. The molecule has 6 nitrogen and oxygen atoms in total. The molecular weight excluding hydrogens is 314 g/mol. The number of nitrogens with two attached hydrogens (primary N) is 1. The molecule has 23 heavy (non-hydrogen) atoms. The third-order valence-electron chi connectivity index (χ3n) is 4.16. The fourth-order valence-electron chi connectivity index (χ4n) is 3.00. The maximum absolute atomic E-state index is 13.0. The highest BCUT2D eigenvalue weighted by molar-refractivity contribution is 7.18. The van der Waals surface area contributed by atoms with Crippen LogP contribution >= 0.6 is 11.3 Å². The molecule has 0 fully saturated rings. The molecule has 1 aromatic carbocycles. The minimum atomic E-state index is -1.27. The van der Waals surface area contributed by atoms with Crippen LogP contribution in [0.1, 0.15) is 37.6 Å². The van der Waals surface area contributed by atoms with Crippen molar-refractivity contribution in [3.8, 4) is 6.07 Å². The fourth-order valence-corrected chi connectivity index (χ4v) is 4.13. The zero-order valence-electron chi connectivity index (χ0n) is 12.0. The van der Waals surface area contributed by atoms with Crippen molar-refractivity contribution in [1.29, 1.82) is 5.26 Å². The number of nitrogens with zero attached hydrogens (tertiary/aromatic N) is 1. The summed E-state index contributed by atoms with van der Waals surface area (Å²) in [6.07, 6.45) is 0.626. The van der Waals surface area contributed by atoms with Crippen molar-refractivity contribution in [2.45, 2.75) is 18.3 Å². The monoisotopic (exact) mass is 327 g/mol. The zero-order chi connectivity index (χ0) is 16.6. The quantitative estimate of drug-likeness (QED) is 0.576. The van der Waals surface area contributed by atoms with Gasteiger partial charge in [0.25, 0.3) is 5.91 Å². The van der Waals surface area contributed by atoms with Gasteiger partial charge in [0.05, 0.1) is 21.5 Å². The standard InChI is InChI=1S/C16H13N3O3S/c17-8-16(9-4-2-1-3-5-9)7-6-10-11(15(21)19-22)14(18)23-12(10)13(16)20/h1-5,22H,6-7,18H2,(H,19,21). The van der Waals surface area contributed by atoms with E-state index in [0.29, 0.717) is 22.4 Å². The van der Waals surface area contributed by atoms with Gasteiger partial charge < -0.3 is 5.73 Å². The Bertz CT molecular complexity index is 838. The van der Waals surface area contributed by atoms with Crippen LogP contribution < -0.4 is 11.2 Å². The van der Waals surface area contributed by atoms with E-state index in [-0.39, 0.29) is 22.8 Å². The second-order valence-electron chi connectivity index (χ2n) is 5.30. The van der Waals surface area contributed by atoms with Crippen molar-refractivity contribution in [3.05, 3.63) is 51.9 Å². The van der Waals surface area contributed by atoms with E-state index in [9.17, 15) is 14.9 Å². The number of anilines is 1. The molecule has 1 aliphatic carbocycles. The number of hydrogen-bond donors (Lipinski definition) is 3. The predicted molar refractivity (Wildman–Crippen MR) is 84.4 cm³/mol. The van der Waals surface area contributed by atoms with Gasteiger partial charge in [0.1, 0.15) is 5.41 Å². The molecule has 1 aromatic heterocycles. The van der Waals surface area contributed by atoms with Gasteiger partial charge >= 0.3 is 0 Å². The number of thiophene rings is 1. The molecule has 0 spiro atoms. The maximum Gasteiger partial charge on any atom is 0.277 e. The van der Waals surface area contributed by atoms with Crippen molar-refractivity contribution in [1.82, 2.24) is 5.48 Å². The van der Waals surface area contributed by atoms with E-state index in [0.717, 1.165) is 11.3 Å². The Labute approximate surface area is 136 Å². The number of amides is 1. The summed E-state index contributed by atoms with van der Waals surface area (Å²) in [7, 11) is 0. The van der Waals surface area contributed by atoms with E-state index in [1.54, 1.807) is 29.7 Å². The largest absolute Gasteiger partial charge is 0.390 e. The Morgan fingerprint density at radius 3 is 2.70 bits per heavy atom. The first-order chi connectivity index (χ1) is 11.0. The lowest BCUT2D eigenvalue weighted by atomic mass is 9.69. The van der Waals surface area contributed by atoms with Gasteiger partial charge in [0, 0.05) is 0 Å². The van der Waals surface area contributed by atoms with E-state index in [1.807, 2.05) is 6.07 Å². The molecule has 7 heteroatoms. The van der Waals surface area contributed by atoms with Gasteiger partial charge in [-0.25, -0.2) is 5.48 Å². The fraction of sp³-hybridized carbons (Fsp3) is 0.188. The highest BCUT2D eigenvalue weighted by Gasteiger charge is 2.47. The third-order valence-corrected chi connectivity index (χ3v) is 5.22. The van der Waals surface area contributed by atoms with Crippen LogP contribution in [0.15, 0.2) is 30.3 Å². The molecule has 3 rings (SSSR count). The average molecular weight is 327 g/mol. The van der Waals surface area contributed by atoms with E-state index in [1.165, 1.54) is 0 Å². The molecule has 1 heterocycles. The topological polar surface area (TPSA) is 116 Å². The van der Waals surface area contributed by atoms with Crippen molar-refractivity contribution in [2.24, 2.45) is 0 Å². The highest BCUT2D eigenvalue weighted by Crippen LogP contribution is 2.44. The van der Waals surface area contributed by atoms with Gasteiger partial charge in [-0.3, -0.25) is 14.8 Å². The third kappa shape index (κ3) is 2.11. The first-order valence-electron chi connectivity index (χ1n) is 6.92. The molecule has 0 saturated heterocycles. The van der Waals surface area contributed by atoms with Crippen LogP contribution in [-0.2, 0) is 11.8 Å². The number of hydroxylamine groups is 1. The lowest BCUT2D eigenvalue weighted by molar-refractivity contribution is 0.0706. The summed E-state index contributed by atoms with van der Waals surface area (Å²) < 4.78 is 0. The molecule has 1 atom stereocenters. The zero-order valence-corrected chi connectivity index (χ0v) is 12.8. The van der Waals surface area contributed by atoms with Crippen LogP contribution in [0.25, 0.3) is 0 Å². The van der Waals surface area contributed by atoms with Crippen LogP contribution in [0.2, 0.25) is 0 Å². The second kappa shape index (κ2) is 5.50. The first kappa shape index (κ1) is 15.2. The minimum absolute atomic E-state index is 0.125. The lowest BCUT2D eigenvalue weighted by Gasteiger charge is -2.29. The van der Waals surface area contributed by atoms with E-state index in [2.05, 4.69) is 6.07 Å². The number of nitrogen functional groups attached to an aromatic ring is 1. The number of Topliss-reactive ketones (excluding diaryl/α,β-unsaturated/α-hetero) is 1. The van der Waals surface area contributed by atoms with Crippen molar-refractivity contribution in [3.63, 3.8) is 0 Å². The van der Waals surface area contributed by atoms with Crippen molar-refractivity contribution < 1.29 is 14.8 Å². The number of carbonyl (C=O) groups excluding carboxylic acids is 2. The van der Waals surface area contributed by atoms with Gasteiger partial charge in [-0.1, -0.05) is 30.3 Å². The number of nitriles is 1. The Morgan fingerprint density at radius 1 is 1.39 bits per heavy atom. The summed E-state index contributed by atoms with van der Waals surface area (Å²) in [6, 6.07) is 11.1. The van der Waals surface area contributed by atoms with Gasteiger partial charge in [0.15, 0.2) is 5.78 Å². The maximum atomic E-state index is 13.0. The van der Waals surface area contributed by atoms with E-state index >= 15 is 0 Å². The summed E-state index contributed by atoms with van der Waals surface area (Å²) in [5.41, 5.74) is 7.39.